The van der Waals surface area contributed by atoms with Gasteiger partial charge in [0.1, 0.15) is 5.75 Å². The van der Waals surface area contributed by atoms with E-state index in [4.69, 9.17) is 4.74 Å². The second kappa shape index (κ2) is 9.73. The quantitative estimate of drug-likeness (QED) is 0.722. The smallest absolute Gasteiger partial charge is 0.337 e. The molecule has 0 saturated carbocycles. The van der Waals surface area contributed by atoms with Gasteiger partial charge in [-0.3, -0.25) is 4.79 Å². The van der Waals surface area contributed by atoms with E-state index in [1.54, 1.807) is 43.3 Å². The van der Waals surface area contributed by atoms with Crippen molar-refractivity contribution in [3.63, 3.8) is 0 Å². The zero-order chi connectivity index (χ0) is 19.8. The van der Waals surface area contributed by atoms with E-state index in [-0.39, 0.29) is 18.5 Å². The van der Waals surface area contributed by atoms with Gasteiger partial charge in [-0.05, 0) is 41.8 Å². The van der Waals surface area contributed by atoms with E-state index in [0.29, 0.717) is 18.4 Å². The van der Waals surface area contributed by atoms with E-state index >= 15 is 0 Å². The summed E-state index contributed by atoms with van der Waals surface area (Å²) in [5.74, 6) is 0.268. The fraction of sp³-hybridized carbons (Fsp3) is 0.333. The van der Waals surface area contributed by atoms with Crippen molar-refractivity contribution in [3.05, 3.63) is 65.2 Å². The van der Waals surface area contributed by atoms with E-state index < -0.39 is 6.04 Å². The molecule has 2 rings (SSSR count). The number of carbonyl (C=O) groups is 2. The first kappa shape index (κ1) is 20.5. The van der Waals surface area contributed by atoms with Crippen LogP contribution < -0.4 is 4.74 Å². The number of aliphatic hydroxyl groups is 1. The number of amides is 1. The summed E-state index contributed by atoms with van der Waals surface area (Å²) in [6, 6.07) is 13.9. The molecule has 0 heterocycles. The summed E-state index contributed by atoms with van der Waals surface area (Å²) in [4.78, 5) is 25.6. The van der Waals surface area contributed by atoms with E-state index in [0.717, 1.165) is 16.9 Å². The van der Waals surface area contributed by atoms with Gasteiger partial charge >= 0.3 is 5.97 Å². The maximum atomic E-state index is 12.6. The molecular formula is C21H25NO5. The van der Waals surface area contributed by atoms with Gasteiger partial charge in [-0.25, -0.2) is 4.79 Å². The Morgan fingerprint density at radius 3 is 2.19 bits per heavy atom. The number of methoxy groups -OCH3 is 2. The van der Waals surface area contributed by atoms with Crippen LogP contribution >= 0.6 is 0 Å². The molecule has 27 heavy (non-hydrogen) atoms. The van der Waals surface area contributed by atoms with Crippen LogP contribution in [0.3, 0.4) is 0 Å². The highest BCUT2D eigenvalue weighted by atomic mass is 16.5. The molecule has 0 fully saturated rings. The van der Waals surface area contributed by atoms with E-state index in [2.05, 4.69) is 4.74 Å². The number of carbonyl (C=O) groups excluding carboxylic acids is 2. The van der Waals surface area contributed by atoms with Crippen LogP contribution in [0.2, 0.25) is 0 Å². The maximum Gasteiger partial charge on any atom is 0.337 e. The average molecular weight is 371 g/mol. The molecule has 0 unspecified atom stereocenters. The Morgan fingerprint density at radius 2 is 1.67 bits per heavy atom. The molecule has 2 aromatic carbocycles. The number of aryl methyl sites for hydroxylation is 1. The van der Waals surface area contributed by atoms with Crippen molar-refractivity contribution in [2.24, 2.45) is 0 Å². The fourth-order valence-electron chi connectivity index (χ4n) is 2.80. The van der Waals surface area contributed by atoms with Crippen molar-refractivity contribution in [1.82, 2.24) is 4.90 Å². The fourth-order valence-corrected chi connectivity index (χ4v) is 2.80. The number of aliphatic hydroxyl groups excluding tert-OH is 1. The van der Waals surface area contributed by atoms with Gasteiger partial charge in [0.05, 0.1) is 32.4 Å². The molecule has 0 radical (unpaired) electrons. The first-order valence-corrected chi connectivity index (χ1v) is 8.68. The Kier molecular flexibility index (Phi) is 7.37. The van der Waals surface area contributed by atoms with Crippen molar-refractivity contribution < 1.29 is 24.2 Å². The van der Waals surface area contributed by atoms with E-state index in [9.17, 15) is 14.7 Å². The summed E-state index contributed by atoms with van der Waals surface area (Å²) in [5.41, 5.74) is 2.27. The molecule has 0 bridgehead atoms. The lowest BCUT2D eigenvalue weighted by Crippen LogP contribution is -2.33. The number of hydrogen-bond donors (Lipinski definition) is 1. The topological polar surface area (TPSA) is 76.1 Å². The van der Waals surface area contributed by atoms with Crippen molar-refractivity contribution >= 4 is 11.9 Å². The molecule has 0 aliphatic heterocycles. The van der Waals surface area contributed by atoms with Gasteiger partial charge in [-0.15, -0.1) is 0 Å². The van der Waals surface area contributed by atoms with Crippen molar-refractivity contribution in [1.29, 1.82) is 0 Å². The van der Waals surface area contributed by atoms with Gasteiger partial charge in [0.15, 0.2) is 0 Å². The van der Waals surface area contributed by atoms with Crippen LogP contribution in [0.1, 0.15) is 33.9 Å². The van der Waals surface area contributed by atoms with Gasteiger partial charge in [0.2, 0.25) is 5.91 Å². The van der Waals surface area contributed by atoms with Gasteiger partial charge < -0.3 is 19.5 Å². The SMILES string of the molecule is COC(=O)c1ccc(CCC(=O)N(C)[C@H](CO)c2ccc(OC)cc2)cc1. The molecule has 0 saturated heterocycles. The first-order chi connectivity index (χ1) is 13.0. The molecule has 2 aromatic rings. The summed E-state index contributed by atoms with van der Waals surface area (Å²) in [6.45, 7) is -0.164. The Morgan fingerprint density at radius 1 is 1.04 bits per heavy atom. The highest BCUT2D eigenvalue weighted by molar-refractivity contribution is 5.89. The monoisotopic (exact) mass is 371 g/mol. The minimum atomic E-state index is -0.412. The number of esters is 1. The second-order valence-corrected chi connectivity index (χ2v) is 6.16. The zero-order valence-corrected chi connectivity index (χ0v) is 15.8. The number of hydrogen-bond acceptors (Lipinski definition) is 5. The van der Waals surface area contributed by atoms with Gasteiger partial charge in [0.25, 0.3) is 0 Å². The summed E-state index contributed by atoms with van der Waals surface area (Å²) >= 11 is 0. The Bertz CT molecular complexity index is 755. The first-order valence-electron chi connectivity index (χ1n) is 8.68. The average Bonchev–Trinajstić information content (AvgIpc) is 2.72. The van der Waals surface area contributed by atoms with Crippen molar-refractivity contribution in [2.75, 3.05) is 27.9 Å². The Hall–Kier alpha value is -2.86. The standard InChI is InChI=1S/C21H25NO5/c1-22(19(14-23)16-9-11-18(26-2)12-10-16)20(24)13-6-15-4-7-17(8-5-15)21(25)27-3/h4-5,7-12,19,23H,6,13-14H2,1-3H3/t19-/m1/s1. The molecule has 6 nitrogen and oxygen atoms in total. The highest BCUT2D eigenvalue weighted by Crippen LogP contribution is 2.22. The van der Waals surface area contributed by atoms with Crippen LogP contribution in [-0.4, -0.2) is 49.8 Å². The lowest BCUT2D eigenvalue weighted by atomic mass is 10.0. The molecular weight excluding hydrogens is 346 g/mol. The number of rotatable bonds is 8. The summed E-state index contributed by atoms with van der Waals surface area (Å²) in [5, 5.41) is 9.75. The minimum absolute atomic E-state index is 0.0677. The van der Waals surface area contributed by atoms with Gasteiger partial charge in [-0.2, -0.15) is 0 Å². The molecule has 0 aliphatic carbocycles. The maximum absolute atomic E-state index is 12.6. The number of ether oxygens (including phenoxy) is 2. The Balaban J connectivity index is 1.97. The van der Waals surface area contributed by atoms with Crippen LogP contribution in [0.5, 0.6) is 5.75 Å². The number of nitrogens with zero attached hydrogens (tertiary/aromatic N) is 1. The second-order valence-electron chi connectivity index (χ2n) is 6.16. The molecule has 6 heteroatoms. The molecule has 144 valence electrons. The molecule has 1 atom stereocenters. The third kappa shape index (κ3) is 5.31. The number of benzene rings is 2. The predicted molar refractivity (Wildman–Crippen MR) is 102 cm³/mol. The van der Waals surface area contributed by atoms with E-state index in [1.807, 2.05) is 24.3 Å². The molecule has 0 aromatic heterocycles. The van der Waals surface area contributed by atoms with Crippen LogP contribution in [0.15, 0.2) is 48.5 Å². The Labute approximate surface area is 159 Å². The largest absolute Gasteiger partial charge is 0.497 e. The zero-order valence-electron chi connectivity index (χ0n) is 15.8. The van der Waals surface area contributed by atoms with Gasteiger partial charge in [0, 0.05) is 13.5 Å². The lowest BCUT2D eigenvalue weighted by molar-refractivity contribution is -0.132. The summed E-state index contributed by atoms with van der Waals surface area (Å²) < 4.78 is 9.81. The summed E-state index contributed by atoms with van der Waals surface area (Å²) in [7, 11) is 4.62. The van der Waals surface area contributed by atoms with Crippen molar-refractivity contribution in [3.8, 4) is 5.75 Å². The highest BCUT2D eigenvalue weighted by Gasteiger charge is 2.21. The third-order valence-electron chi connectivity index (χ3n) is 4.54. The van der Waals surface area contributed by atoms with Crippen LogP contribution in [0, 0.1) is 0 Å². The van der Waals surface area contributed by atoms with Crippen molar-refractivity contribution in [2.45, 2.75) is 18.9 Å². The third-order valence-corrected chi connectivity index (χ3v) is 4.54. The van der Waals surface area contributed by atoms with E-state index in [1.165, 1.54) is 7.11 Å². The normalized spacial score (nSPS) is 11.6. The van der Waals surface area contributed by atoms with Crippen LogP contribution in [0.4, 0.5) is 0 Å². The van der Waals surface area contributed by atoms with Crippen LogP contribution in [0.25, 0.3) is 0 Å². The molecule has 0 aliphatic rings. The minimum Gasteiger partial charge on any atom is -0.497 e. The summed E-state index contributed by atoms with van der Waals surface area (Å²) in [6.07, 6.45) is 0.853. The predicted octanol–water partition coefficient (Wildman–Crippen LogP) is 2.61. The number of likely N-dealkylation sites (N-methyl/N-ethyl adjacent to an activating group) is 1. The molecule has 1 amide bonds. The van der Waals surface area contributed by atoms with Crippen LogP contribution in [-0.2, 0) is 16.0 Å². The lowest BCUT2D eigenvalue weighted by Gasteiger charge is -2.27. The molecule has 0 spiro atoms. The molecule has 1 N–H and O–H groups in total. The van der Waals surface area contributed by atoms with Gasteiger partial charge in [-0.1, -0.05) is 24.3 Å².